The molecule has 10 nitrogen and oxygen atoms in total. The molecule has 1 heterocycles. The minimum Gasteiger partial charge on any atom is -0.326 e. The Balaban J connectivity index is 1.61. The van der Waals surface area contributed by atoms with E-state index in [0.29, 0.717) is 33.3 Å². The predicted octanol–water partition coefficient (Wildman–Crippen LogP) is 5.08. The number of benzene rings is 2. The van der Waals surface area contributed by atoms with Gasteiger partial charge in [-0.2, -0.15) is 0 Å². The number of nitrogens with zero attached hydrogens (tertiary/aromatic N) is 4. The van der Waals surface area contributed by atoms with Crippen molar-refractivity contribution in [3.8, 4) is 0 Å². The number of hydrogen-bond donors (Lipinski definition) is 2. The van der Waals surface area contributed by atoms with Gasteiger partial charge in [0, 0.05) is 24.4 Å². The van der Waals surface area contributed by atoms with Crippen molar-refractivity contribution in [2.45, 2.75) is 25.0 Å². The molecular formula is C20H17Cl3N6O4S. The highest BCUT2D eigenvalue weighted by atomic mass is 35.5. The largest absolute Gasteiger partial charge is 0.326 e. The third kappa shape index (κ3) is 6.60. The summed E-state index contributed by atoms with van der Waals surface area (Å²) in [6.45, 7) is 2.33. The van der Waals surface area contributed by atoms with Gasteiger partial charge in [0.25, 0.3) is 5.69 Å². The second-order valence-electron chi connectivity index (χ2n) is 6.76. The van der Waals surface area contributed by atoms with Gasteiger partial charge < -0.3 is 15.2 Å². The molecule has 2 aromatic carbocycles. The van der Waals surface area contributed by atoms with Crippen LogP contribution in [0.5, 0.6) is 0 Å². The monoisotopic (exact) mass is 542 g/mol. The summed E-state index contributed by atoms with van der Waals surface area (Å²) in [5, 5.41) is 25.7. The maximum absolute atomic E-state index is 12.4. The lowest BCUT2D eigenvalue weighted by Gasteiger charge is -2.09. The van der Waals surface area contributed by atoms with E-state index in [2.05, 4.69) is 20.8 Å². The number of nitro benzene ring substituents is 1. The average Bonchev–Trinajstić information content (AvgIpc) is 3.17. The molecule has 0 aliphatic carbocycles. The highest BCUT2D eigenvalue weighted by Crippen LogP contribution is 2.28. The summed E-state index contributed by atoms with van der Waals surface area (Å²) in [6, 6.07) is 8.52. The molecule has 0 bridgehead atoms. The molecule has 0 radical (unpaired) electrons. The molecule has 3 rings (SSSR count). The van der Waals surface area contributed by atoms with Gasteiger partial charge in [-0.3, -0.25) is 19.7 Å². The van der Waals surface area contributed by atoms with Gasteiger partial charge in [-0.25, -0.2) is 0 Å². The molecule has 2 amide bonds. The van der Waals surface area contributed by atoms with Crippen molar-refractivity contribution in [2.24, 2.45) is 0 Å². The van der Waals surface area contributed by atoms with E-state index in [0.717, 1.165) is 11.8 Å². The first-order valence-electron chi connectivity index (χ1n) is 9.71. The molecule has 3 aromatic rings. The smallest absolute Gasteiger partial charge is 0.271 e. The Labute approximate surface area is 213 Å². The number of hydrogen-bond acceptors (Lipinski definition) is 7. The van der Waals surface area contributed by atoms with Crippen molar-refractivity contribution in [3.05, 3.63) is 67.4 Å². The quantitative estimate of drug-likeness (QED) is 0.218. The Morgan fingerprint density at radius 3 is 2.44 bits per heavy atom. The lowest BCUT2D eigenvalue weighted by molar-refractivity contribution is -0.384. The first-order chi connectivity index (χ1) is 16.2. The number of amides is 2. The Kier molecular flexibility index (Phi) is 8.72. The first-order valence-corrected chi connectivity index (χ1v) is 11.8. The van der Waals surface area contributed by atoms with Gasteiger partial charge in [-0.05, 0) is 31.2 Å². The molecule has 1 aromatic heterocycles. The molecule has 0 unspecified atom stereocenters. The SMILES string of the molecule is CCn1c(CC(=O)Nc2ccc(Cl)c(Cl)c2)nnc1SCC(=O)Nc1cc([N+](=O)[O-])ccc1Cl. The predicted molar refractivity (Wildman–Crippen MR) is 132 cm³/mol. The third-order valence-electron chi connectivity index (χ3n) is 4.40. The third-order valence-corrected chi connectivity index (χ3v) is 6.43. The number of rotatable bonds is 9. The Morgan fingerprint density at radius 1 is 1.03 bits per heavy atom. The molecule has 0 saturated heterocycles. The molecule has 178 valence electrons. The van der Waals surface area contributed by atoms with Gasteiger partial charge in [0.1, 0.15) is 5.82 Å². The molecule has 0 spiro atoms. The van der Waals surface area contributed by atoms with Crippen LogP contribution < -0.4 is 10.6 Å². The summed E-state index contributed by atoms with van der Waals surface area (Å²) < 4.78 is 1.71. The second kappa shape index (κ2) is 11.5. The highest BCUT2D eigenvalue weighted by molar-refractivity contribution is 7.99. The molecule has 2 N–H and O–H groups in total. The van der Waals surface area contributed by atoms with Crippen LogP contribution in [0, 0.1) is 10.1 Å². The minimum absolute atomic E-state index is 0.0445. The Bertz CT molecular complexity index is 1250. The fraction of sp³-hybridized carbons (Fsp3) is 0.200. The number of halogens is 3. The van der Waals surface area contributed by atoms with Crippen molar-refractivity contribution in [1.82, 2.24) is 14.8 Å². The summed E-state index contributed by atoms with van der Waals surface area (Å²) >= 11 is 19.0. The van der Waals surface area contributed by atoms with Crippen LogP contribution in [0.2, 0.25) is 15.1 Å². The number of carbonyl (C=O) groups is 2. The van der Waals surface area contributed by atoms with E-state index < -0.39 is 10.8 Å². The molecule has 14 heteroatoms. The Morgan fingerprint density at radius 2 is 1.76 bits per heavy atom. The standard InChI is InChI=1S/C20H17Cl3N6O4S/c1-2-28-17(9-18(30)24-11-3-5-13(21)15(23)7-11)26-27-20(28)34-10-19(31)25-16-8-12(29(32)33)4-6-14(16)22/h3-8H,2,9-10H2,1H3,(H,24,30)(H,25,31). The normalized spacial score (nSPS) is 10.7. The van der Waals surface area contributed by atoms with Gasteiger partial charge >= 0.3 is 0 Å². The van der Waals surface area contributed by atoms with Crippen LogP contribution in [0.4, 0.5) is 17.1 Å². The first kappa shape index (κ1) is 25.8. The van der Waals surface area contributed by atoms with Crippen LogP contribution in [0.3, 0.4) is 0 Å². The molecule has 0 atom stereocenters. The van der Waals surface area contributed by atoms with E-state index >= 15 is 0 Å². The molecule has 0 saturated carbocycles. The summed E-state index contributed by atoms with van der Waals surface area (Å²) in [5.41, 5.74) is 0.438. The zero-order valence-corrected chi connectivity index (χ0v) is 20.6. The number of nitro groups is 1. The van der Waals surface area contributed by atoms with E-state index in [4.69, 9.17) is 34.8 Å². The van der Waals surface area contributed by atoms with Gasteiger partial charge in [-0.1, -0.05) is 46.6 Å². The molecule has 0 aliphatic rings. The zero-order chi connectivity index (χ0) is 24.8. The van der Waals surface area contributed by atoms with Crippen LogP contribution in [-0.4, -0.2) is 37.3 Å². The van der Waals surface area contributed by atoms with Gasteiger partial charge in [0.15, 0.2) is 5.16 Å². The van der Waals surface area contributed by atoms with Crippen molar-refractivity contribution >= 4 is 75.4 Å². The van der Waals surface area contributed by atoms with Crippen LogP contribution >= 0.6 is 46.6 Å². The number of thioether (sulfide) groups is 1. The maximum atomic E-state index is 12.4. The lowest BCUT2D eigenvalue weighted by atomic mass is 10.3. The maximum Gasteiger partial charge on any atom is 0.271 e. The van der Waals surface area contributed by atoms with Crippen molar-refractivity contribution in [2.75, 3.05) is 16.4 Å². The Hall–Kier alpha value is -2.86. The number of nitrogens with one attached hydrogen (secondary N) is 2. The number of non-ortho nitro benzene ring substituents is 1. The second-order valence-corrected chi connectivity index (χ2v) is 8.92. The average molecular weight is 544 g/mol. The van der Waals surface area contributed by atoms with E-state index in [1.54, 1.807) is 22.8 Å². The van der Waals surface area contributed by atoms with E-state index in [-0.39, 0.29) is 34.5 Å². The summed E-state index contributed by atoms with van der Waals surface area (Å²) in [4.78, 5) is 35.1. The van der Waals surface area contributed by atoms with Crippen molar-refractivity contribution < 1.29 is 14.5 Å². The van der Waals surface area contributed by atoms with Crippen molar-refractivity contribution in [1.29, 1.82) is 0 Å². The molecule has 0 aliphatic heterocycles. The summed E-state index contributed by atoms with van der Waals surface area (Å²) in [7, 11) is 0. The van der Waals surface area contributed by atoms with Crippen molar-refractivity contribution in [3.63, 3.8) is 0 Å². The molecule has 34 heavy (non-hydrogen) atoms. The molecule has 0 fully saturated rings. The van der Waals surface area contributed by atoms with Gasteiger partial charge in [0.05, 0.1) is 37.9 Å². The summed E-state index contributed by atoms with van der Waals surface area (Å²) in [6.07, 6.45) is -0.0445. The number of carbonyl (C=O) groups excluding carboxylic acids is 2. The van der Waals surface area contributed by atoms with Crippen LogP contribution in [0.15, 0.2) is 41.6 Å². The van der Waals surface area contributed by atoms with Crippen LogP contribution in [0.25, 0.3) is 0 Å². The molecular weight excluding hydrogens is 527 g/mol. The lowest BCUT2D eigenvalue weighted by Crippen LogP contribution is -2.18. The minimum atomic E-state index is -0.580. The van der Waals surface area contributed by atoms with E-state index in [1.165, 1.54) is 18.2 Å². The van der Waals surface area contributed by atoms with Gasteiger partial charge in [0.2, 0.25) is 11.8 Å². The van der Waals surface area contributed by atoms with Gasteiger partial charge in [-0.15, -0.1) is 10.2 Å². The topological polar surface area (TPSA) is 132 Å². The fourth-order valence-corrected chi connectivity index (χ4v) is 4.12. The van der Waals surface area contributed by atoms with E-state index in [1.807, 2.05) is 6.92 Å². The number of aromatic nitrogens is 3. The van der Waals surface area contributed by atoms with Crippen LogP contribution in [-0.2, 0) is 22.6 Å². The zero-order valence-electron chi connectivity index (χ0n) is 17.5. The van der Waals surface area contributed by atoms with E-state index in [9.17, 15) is 19.7 Å². The number of anilines is 2. The highest BCUT2D eigenvalue weighted by Gasteiger charge is 2.17. The summed E-state index contributed by atoms with van der Waals surface area (Å²) in [5.74, 6) is -0.385. The fourth-order valence-electron chi connectivity index (χ4n) is 2.84. The van der Waals surface area contributed by atoms with Crippen LogP contribution in [0.1, 0.15) is 12.7 Å².